The van der Waals surface area contributed by atoms with Gasteiger partial charge in [-0.1, -0.05) is 42.5 Å². The maximum absolute atomic E-state index is 13.0. The lowest BCUT2D eigenvalue weighted by molar-refractivity contribution is 0.0948. The number of rotatable bonds is 6. The summed E-state index contributed by atoms with van der Waals surface area (Å²) in [6.07, 6.45) is 1.52. The first-order valence-electron chi connectivity index (χ1n) is 7.60. The normalized spacial score (nSPS) is 12.5. The number of hydrogen-bond donors (Lipinski definition) is 1. The highest BCUT2D eigenvalue weighted by Gasteiger charge is 2.30. The SMILES string of the molecule is O=C(NC[C@@H](c1ccccc1)S(=O)(=O)c1cccs1)c1ccccn1. The third-order valence-corrected chi connectivity index (χ3v) is 7.20. The van der Waals surface area contributed by atoms with Gasteiger partial charge in [0.05, 0.1) is 0 Å². The van der Waals surface area contributed by atoms with Crippen molar-refractivity contribution in [2.24, 2.45) is 0 Å². The highest BCUT2D eigenvalue weighted by Crippen LogP contribution is 2.31. The van der Waals surface area contributed by atoms with Crippen LogP contribution in [0.2, 0.25) is 0 Å². The molecular weight excluding hydrogens is 356 g/mol. The van der Waals surface area contributed by atoms with Gasteiger partial charge in [0.1, 0.15) is 15.2 Å². The first-order chi connectivity index (χ1) is 12.1. The number of aromatic nitrogens is 1. The van der Waals surface area contributed by atoms with E-state index >= 15 is 0 Å². The van der Waals surface area contributed by atoms with Crippen molar-refractivity contribution in [1.82, 2.24) is 10.3 Å². The number of carbonyl (C=O) groups excluding carboxylic acids is 1. The molecule has 0 aliphatic carbocycles. The standard InChI is InChI=1S/C18H16N2O3S2/c21-18(15-9-4-5-11-19-15)20-13-16(14-7-2-1-3-8-14)25(22,23)17-10-6-12-24-17/h1-12,16H,13H2,(H,20,21)/t16-/m0/s1. The summed E-state index contributed by atoms with van der Waals surface area (Å²) in [4.78, 5) is 16.2. The number of nitrogens with one attached hydrogen (secondary N) is 1. The molecule has 0 aliphatic rings. The van der Waals surface area contributed by atoms with Crippen molar-refractivity contribution in [3.63, 3.8) is 0 Å². The molecule has 0 saturated carbocycles. The number of carbonyl (C=O) groups is 1. The minimum Gasteiger partial charge on any atom is -0.349 e. The van der Waals surface area contributed by atoms with Crippen LogP contribution < -0.4 is 5.32 Å². The number of pyridine rings is 1. The number of amides is 1. The van der Waals surface area contributed by atoms with Gasteiger partial charge in [-0.15, -0.1) is 11.3 Å². The van der Waals surface area contributed by atoms with Crippen LogP contribution in [0.4, 0.5) is 0 Å². The van der Waals surface area contributed by atoms with Crippen LogP contribution in [0, 0.1) is 0 Å². The van der Waals surface area contributed by atoms with Gasteiger partial charge in [0.2, 0.25) is 0 Å². The van der Waals surface area contributed by atoms with Crippen LogP contribution >= 0.6 is 11.3 Å². The van der Waals surface area contributed by atoms with Crippen molar-refractivity contribution < 1.29 is 13.2 Å². The summed E-state index contributed by atoms with van der Waals surface area (Å²) in [6.45, 7) is -0.0281. The van der Waals surface area contributed by atoms with E-state index in [1.807, 2.05) is 6.07 Å². The van der Waals surface area contributed by atoms with Crippen molar-refractivity contribution >= 4 is 27.1 Å². The predicted octanol–water partition coefficient (Wildman–Crippen LogP) is 3.09. The number of benzene rings is 1. The van der Waals surface area contributed by atoms with Crippen molar-refractivity contribution in [1.29, 1.82) is 0 Å². The van der Waals surface area contributed by atoms with Crippen LogP contribution in [0.25, 0.3) is 0 Å². The lowest BCUT2D eigenvalue weighted by Gasteiger charge is -2.18. The smallest absolute Gasteiger partial charge is 0.269 e. The fourth-order valence-electron chi connectivity index (χ4n) is 2.41. The van der Waals surface area contributed by atoms with E-state index in [-0.39, 0.29) is 16.4 Å². The quantitative estimate of drug-likeness (QED) is 0.721. The molecule has 0 bridgehead atoms. The Labute approximate surface area is 150 Å². The lowest BCUT2D eigenvalue weighted by Crippen LogP contribution is -2.32. The molecule has 2 aromatic heterocycles. The zero-order valence-electron chi connectivity index (χ0n) is 13.2. The van der Waals surface area contributed by atoms with Gasteiger partial charge < -0.3 is 5.32 Å². The van der Waals surface area contributed by atoms with E-state index in [1.54, 1.807) is 60.0 Å². The molecule has 0 radical (unpaired) electrons. The zero-order valence-corrected chi connectivity index (χ0v) is 14.8. The van der Waals surface area contributed by atoms with Gasteiger partial charge in [-0.25, -0.2) is 8.42 Å². The van der Waals surface area contributed by atoms with E-state index < -0.39 is 21.0 Å². The van der Waals surface area contributed by atoms with Crippen LogP contribution in [-0.2, 0) is 9.84 Å². The first-order valence-corrected chi connectivity index (χ1v) is 10.0. The molecule has 0 saturated heterocycles. The molecule has 1 N–H and O–H groups in total. The second-order valence-corrected chi connectivity index (χ2v) is 8.61. The summed E-state index contributed by atoms with van der Waals surface area (Å²) in [7, 11) is -3.61. The van der Waals surface area contributed by atoms with E-state index in [9.17, 15) is 13.2 Å². The average molecular weight is 372 g/mol. The predicted molar refractivity (Wildman–Crippen MR) is 97.3 cm³/mol. The summed E-state index contributed by atoms with van der Waals surface area (Å²) in [5.41, 5.74) is 0.889. The molecule has 1 aromatic carbocycles. The van der Waals surface area contributed by atoms with Gasteiger partial charge >= 0.3 is 0 Å². The number of sulfone groups is 1. The Morgan fingerprint density at radius 2 is 1.80 bits per heavy atom. The lowest BCUT2D eigenvalue weighted by atomic mass is 10.1. The Hall–Kier alpha value is -2.51. The van der Waals surface area contributed by atoms with E-state index in [4.69, 9.17) is 0 Å². The first kappa shape index (κ1) is 17.3. The van der Waals surface area contributed by atoms with Gasteiger partial charge in [-0.05, 0) is 29.1 Å². The molecular formula is C18H16N2O3S2. The molecule has 3 rings (SSSR count). The van der Waals surface area contributed by atoms with Crippen LogP contribution in [-0.4, -0.2) is 25.9 Å². The van der Waals surface area contributed by atoms with Crippen molar-refractivity contribution in [3.05, 3.63) is 83.5 Å². The molecule has 0 unspecified atom stereocenters. The van der Waals surface area contributed by atoms with Crippen LogP contribution in [0.3, 0.4) is 0 Å². The third kappa shape index (κ3) is 3.94. The molecule has 5 nitrogen and oxygen atoms in total. The molecule has 1 atom stereocenters. The molecule has 25 heavy (non-hydrogen) atoms. The van der Waals surface area contributed by atoms with Gasteiger partial charge in [-0.3, -0.25) is 9.78 Å². The van der Waals surface area contributed by atoms with Crippen molar-refractivity contribution in [2.75, 3.05) is 6.54 Å². The van der Waals surface area contributed by atoms with Gasteiger partial charge in [0, 0.05) is 12.7 Å². The zero-order chi connectivity index (χ0) is 17.7. The van der Waals surface area contributed by atoms with Gasteiger partial charge in [0.25, 0.3) is 5.91 Å². The maximum atomic E-state index is 13.0. The topological polar surface area (TPSA) is 76.1 Å². The Morgan fingerprint density at radius 1 is 1.04 bits per heavy atom. The molecule has 7 heteroatoms. The molecule has 0 spiro atoms. The summed E-state index contributed by atoms with van der Waals surface area (Å²) in [6, 6.07) is 17.2. The number of nitrogens with zero attached hydrogens (tertiary/aromatic N) is 1. The molecule has 3 aromatic rings. The minimum absolute atomic E-state index is 0.0281. The van der Waals surface area contributed by atoms with Gasteiger partial charge in [-0.2, -0.15) is 0 Å². The molecule has 128 valence electrons. The molecule has 1 amide bonds. The summed E-state index contributed by atoms with van der Waals surface area (Å²) >= 11 is 1.17. The molecule has 0 fully saturated rings. The third-order valence-electron chi connectivity index (χ3n) is 3.67. The number of thiophene rings is 1. The van der Waals surface area contributed by atoms with Gasteiger partial charge in [0.15, 0.2) is 9.84 Å². The summed E-state index contributed by atoms with van der Waals surface area (Å²) in [5.74, 6) is -0.400. The Balaban J connectivity index is 1.87. The summed E-state index contributed by atoms with van der Waals surface area (Å²) in [5, 5.41) is 3.55. The van der Waals surface area contributed by atoms with Crippen LogP contribution in [0.15, 0.2) is 76.4 Å². The van der Waals surface area contributed by atoms with E-state index in [1.165, 1.54) is 17.5 Å². The second-order valence-electron chi connectivity index (χ2n) is 5.30. The van der Waals surface area contributed by atoms with Crippen LogP contribution in [0.5, 0.6) is 0 Å². The van der Waals surface area contributed by atoms with E-state index in [2.05, 4.69) is 10.3 Å². The fourth-order valence-corrected chi connectivity index (χ4v) is 5.28. The maximum Gasteiger partial charge on any atom is 0.269 e. The second kappa shape index (κ2) is 7.58. The Kier molecular flexibility index (Phi) is 5.25. The van der Waals surface area contributed by atoms with Crippen molar-refractivity contribution in [2.45, 2.75) is 9.46 Å². The molecule has 2 heterocycles. The Morgan fingerprint density at radius 3 is 2.44 bits per heavy atom. The largest absolute Gasteiger partial charge is 0.349 e. The average Bonchev–Trinajstić information content (AvgIpc) is 3.19. The van der Waals surface area contributed by atoms with E-state index in [0.717, 1.165) is 0 Å². The Bertz CT molecular complexity index is 925. The fraction of sp³-hybridized carbons (Fsp3) is 0.111. The number of hydrogen-bond acceptors (Lipinski definition) is 5. The molecule has 0 aliphatic heterocycles. The summed E-state index contributed by atoms with van der Waals surface area (Å²) < 4.78 is 26.3. The highest BCUT2D eigenvalue weighted by atomic mass is 32.2. The van der Waals surface area contributed by atoms with Crippen molar-refractivity contribution in [3.8, 4) is 0 Å². The minimum atomic E-state index is -3.61. The van der Waals surface area contributed by atoms with Crippen LogP contribution in [0.1, 0.15) is 21.3 Å². The highest BCUT2D eigenvalue weighted by molar-refractivity contribution is 7.93. The van der Waals surface area contributed by atoms with E-state index in [0.29, 0.717) is 5.56 Å². The monoisotopic (exact) mass is 372 g/mol.